The van der Waals surface area contributed by atoms with Crippen LogP contribution in [0.25, 0.3) is 21.5 Å². The predicted molar refractivity (Wildman–Crippen MR) is 152 cm³/mol. The number of carbonyl (C=O) groups excluding carboxylic acids is 1. The molecule has 2 aromatic heterocycles. The van der Waals surface area contributed by atoms with Crippen LogP contribution in [0.2, 0.25) is 10.0 Å². The number of carbonyl (C=O) groups is 1. The van der Waals surface area contributed by atoms with Crippen molar-refractivity contribution in [2.45, 2.75) is 50.7 Å². The zero-order chi connectivity index (χ0) is 26.7. The normalized spacial score (nSPS) is 20.1. The number of piperidine rings is 1. The molecule has 3 heterocycles. The highest BCUT2D eigenvalue weighted by molar-refractivity contribution is 7.16. The van der Waals surface area contributed by atoms with Crippen molar-refractivity contribution >= 4 is 56.4 Å². The fourth-order valence-corrected chi connectivity index (χ4v) is 7.22. The third kappa shape index (κ3) is 4.51. The molecule has 202 valence electrons. The van der Waals surface area contributed by atoms with Gasteiger partial charge < -0.3 is 18.9 Å². The highest BCUT2D eigenvalue weighted by atomic mass is 35.5. The second-order valence-electron chi connectivity index (χ2n) is 10.8. The fourth-order valence-electron chi connectivity index (χ4n) is 5.90. The minimum Gasteiger partial charge on any atom is -0.465 e. The maximum Gasteiger partial charge on any atom is 0.337 e. The maximum absolute atomic E-state index is 12.3. The van der Waals surface area contributed by atoms with Crippen molar-refractivity contribution in [1.82, 2.24) is 10.1 Å². The molecule has 2 aromatic carbocycles. The Morgan fingerprint density at radius 3 is 2.72 bits per heavy atom. The summed E-state index contributed by atoms with van der Waals surface area (Å²) >= 11 is 14.6. The molecule has 10 heteroatoms. The van der Waals surface area contributed by atoms with Gasteiger partial charge in [0, 0.05) is 35.5 Å². The molecule has 7 rings (SSSR count). The summed E-state index contributed by atoms with van der Waals surface area (Å²) in [4.78, 5) is 19.3. The number of esters is 1. The van der Waals surface area contributed by atoms with E-state index in [0.29, 0.717) is 39.4 Å². The Hall–Kier alpha value is -2.65. The number of ether oxygens (including phenoxy) is 2. The number of benzene rings is 2. The SMILES string of the molecule is COC(=O)c1cc(N2CCC(OCc3c(-c4c(Cl)cccc4Cl)noc3C3CC3)C3(CC3)C2)c2ncsc2c1. The van der Waals surface area contributed by atoms with Crippen LogP contribution in [0.1, 0.15) is 59.7 Å². The molecule has 1 spiro atoms. The number of hydrogen-bond acceptors (Lipinski definition) is 8. The van der Waals surface area contributed by atoms with Crippen LogP contribution in [-0.4, -0.2) is 42.4 Å². The lowest BCUT2D eigenvalue weighted by atomic mass is 9.90. The average molecular weight is 585 g/mol. The molecule has 0 N–H and O–H groups in total. The first-order valence-corrected chi connectivity index (χ1v) is 14.9. The van der Waals surface area contributed by atoms with Crippen LogP contribution in [0.15, 0.2) is 40.4 Å². The minimum absolute atomic E-state index is 0.0704. The van der Waals surface area contributed by atoms with Crippen LogP contribution in [-0.2, 0) is 16.1 Å². The molecular formula is C29H27Cl2N3O4S. The molecule has 3 aliphatic rings. The topological polar surface area (TPSA) is 77.7 Å². The molecule has 1 unspecified atom stereocenters. The van der Waals surface area contributed by atoms with E-state index in [9.17, 15) is 4.79 Å². The zero-order valence-electron chi connectivity index (χ0n) is 21.4. The lowest BCUT2D eigenvalue weighted by molar-refractivity contribution is -0.0208. The average Bonchev–Trinajstić information content (AvgIpc) is 3.84. The highest BCUT2D eigenvalue weighted by Crippen LogP contribution is 2.55. The second-order valence-corrected chi connectivity index (χ2v) is 12.5. The first kappa shape index (κ1) is 25.3. The molecule has 3 fully saturated rings. The second kappa shape index (κ2) is 9.77. The number of anilines is 1. The van der Waals surface area contributed by atoms with Gasteiger partial charge in [-0.15, -0.1) is 11.3 Å². The number of fused-ring (bicyclic) bond motifs is 1. The Kier molecular flexibility index (Phi) is 6.34. The highest BCUT2D eigenvalue weighted by Gasteiger charge is 2.53. The smallest absolute Gasteiger partial charge is 0.337 e. The quantitative estimate of drug-likeness (QED) is 0.208. The van der Waals surface area contributed by atoms with Crippen molar-refractivity contribution in [3.05, 3.63) is 62.8 Å². The summed E-state index contributed by atoms with van der Waals surface area (Å²) in [6.45, 7) is 2.08. The molecular weight excluding hydrogens is 557 g/mol. The van der Waals surface area contributed by atoms with E-state index < -0.39 is 0 Å². The van der Waals surface area contributed by atoms with Gasteiger partial charge in [0.2, 0.25) is 0 Å². The minimum atomic E-state index is -0.333. The van der Waals surface area contributed by atoms with Gasteiger partial charge in [-0.2, -0.15) is 0 Å². The largest absolute Gasteiger partial charge is 0.465 e. The van der Waals surface area contributed by atoms with Crippen LogP contribution in [0, 0.1) is 5.41 Å². The van der Waals surface area contributed by atoms with Gasteiger partial charge in [0.1, 0.15) is 17.0 Å². The lowest BCUT2D eigenvalue weighted by Crippen LogP contribution is -2.46. The lowest BCUT2D eigenvalue weighted by Gasteiger charge is -2.40. The van der Waals surface area contributed by atoms with E-state index in [1.54, 1.807) is 0 Å². The van der Waals surface area contributed by atoms with Crippen molar-refractivity contribution in [3.8, 4) is 11.3 Å². The van der Waals surface area contributed by atoms with Crippen LogP contribution in [0.5, 0.6) is 0 Å². The summed E-state index contributed by atoms with van der Waals surface area (Å²) < 4.78 is 18.5. The number of hydrogen-bond donors (Lipinski definition) is 0. The number of nitrogens with zero attached hydrogens (tertiary/aromatic N) is 3. The Balaban J connectivity index is 1.14. The first-order valence-electron chi connectivity index (χ1n) is 13.2. The molecule has 0 amide bonds. The van der Waals surface area contributed by atoms with Gasteiger partial charge >= 0.3 is 5.97 Å². The number of aromatic nitrogens is 2. The molecule has 0 radical (unpaired) electrons. The molecule has 0 bridgehead atoms. The van der Waals surface area contributed by atoms with Gasteiger partial charge in [-0.1, -0.05) is 34.4 Å². The molecule has 7 nitrogen and oxygen atoms in total. The van der Waals surface area contributed by atoms with Gasteiger partial charge in [-0.05, 0) is 56.4 Å². The molecule has 39 heavy (non-hydrogen) atoms. The fraction of sp³-hybridized carbons (Fsp3) is 0.414. The van der Waals surface area contributed by atoms with E-state index >= 15 is 0 Å². The van der Waals surface area contributed by atoms with Gasteiger partial charge in [0.05, 0.1) is 51.3 Å². The van der Waals surface area contributed by atoms with E-state index in [1.807, 2.05) is 35.8 Å². The molecule has 1 aliphatic heterocycles. The van der Waals surface area contributed by atoms with Crippen molar-refractivity contribution in [3.63, 3.8) is 0 Å². The van der Waals surface area contributed by atoms with Crippen molar-refractivity contribution in [1.29, 1.82) is 0 Å². The predicted octanol–water partition coefficient (Wildman–Crippen LogP) is 7.50. The number of thiazole rings is 1. The molecule has 2 aliphatic carbocycles. The van der Waals surface area contributed by atoms with Crippen LogP contribution < -0.4 is 4.90 Å². The summed E-state index contributed by atoms with van der Waals surface area (Å²) in [6.07, 6.45) is 5.38. The maximum atomic E-state index is 12.3. The van der Waals surface area contributed by atoms with Gasteiger partial charge in [0.25, 0.3) is 0 Å². The summed E-state index contributed by atoms with van der Waals surface area (Å²) in [5.41, 5.74) is 6.72. The summed E-state index contributed by atoms with van der Waals surface area (Å²) in [6, 6.07) is 9.26. The van der Waals surface area contributed by atoms with E-state index in [0.717, 1.165) is 72.4 Å². The number of halogens is 2. The molecule has 4 aromatic rings. The monoisotopic (exact) mass is 583 g/mol. The standard InChI is InChI=1S/C29H27Cl2N3O4S/c1-36-28(35)17-11-21(26-22(12-17)39-15-32-26)34-10-7-23(29(14-34)8-9-29)37-13-18-25(33-38-27(18)16-5-6-16)24-19(30)3-2-4-20(24)31/h2-4,11-12,15-16,23H,5-10,13-14H2,1H3. The van der Waals surface area contributed by atoms with Crippen LogP contribution in [0.3, 0.4) is 0 Å². The van der Waals surface area contributed by atoms with E-state index in [1.165, 1.54) is 18.4 Å². The Morgan fingerprint density at radius 1 is 1.21 bits per heavy atom. The molecule has 2 saturated carbocycles. The molecule has 1 atom stereocenters. The van der Waals surface area contributed by atoms with Crippen molar-refractivity contribution in [2.24, 2.45) is 5.41 Å². The Bertz CT molecular complexity index is 1560. The third-order valence-corrected chi connectivity index (χ3v) is 9.72. The zero-order valence-corrected chi connectivity index (χ0v) is 23.7. The van der Waals surface area contributed by atoms with E-state index in [4.69, 9.17) is 37.2 Å². The Morgan fingerprint density at radius 2 is 2.00 bits per heavy atom. The van der Waals surface area contributed by atoms with Crippen molar-refractivity contribution < 1.29 is 18.8 Å². The van der Waals surface area contributed by atoms with Crippen molar-refractivity contribution in [2.75, 3.05) is 25.1 Å². The summed E-state index contributed by atoms with van der Waals surface area (Å²) in [5.74, 6) is 0.944. The molecule has 1 saturated heterocycles. The van der Waals surface area contributed by atoms with E-state index in [2.05, 4.69) is 15.0 Å². The van der Waals surface area contributed by atoms with Crippen LogP contribution >= 0.6 is 34.5 Å². The Labute approximate surface area is 240 Å². The number of rotatable bonds is 7. The first-order chi connectivity index (χ1) is 19.0. The van der Waals surface area contributed by atoms with Gasteiger partial charge in [0.15, 0.2) is 0 Å². The third-order valence-electron chi connectivity index (χ3n) is 8.32. The number of methoxy groups -OCH3 is 1. The van der Waals surface area contributed by atoms with Gasteiger partial charge in [-0.25, -0.2) is 9.78 Å². The van der Waals surface area contributed by atoms with E-state index in [-0.39, 0.29) is 17.5 Å². The summed E-state index contributed by atoms with van der Waals surface area (Å²) in [5, 5.41) is 5.51. The van der Waals surface area contributed by atoms with Crippen LogP contribution in [0.4, 0.5) is 5.69 Å². The van der Waals surface area contributed by atoms with Gasteiger partial charge in [-0.3, -0.25) is 0 Å². The summed E-state index contributed by atoms with van der Waals surface area (Å²) in [7, 11) is 1.41.